The maximum absolute atomic E-state index is 8.81. The van der Waals surface area contributed by atoms with E-state index in [4.69, 9.17) is 10.4 Å². The minimum atomic E-state index is 0.185. The Balaban J connectivity index is 2.54. The summed E-state index contributed by atoms with van der Waals surface area (Å²) in [5.41, 5.74) is 0.727. The highest BCUT2D eigenvalue weighted by Gasteiger charge is 2.05. The summed E-state index contributed by atoms with van der Waals surface area (Å²) in [6, 6.07) is 4.02. The summed E-state index contributed by atoms with van der Waals surface area (Å²) in [5.74, 6) is 0. The van der Waals surface area contributed by atoms with Gasteiger partial charge in [-0.15, -0.1) is 11.3 Å². The van der Waals surface area contributed by atoms with Crippen LogP contribution in [-0.4, -0.2) is 29.7 Å². The summed E-state index contributed by atoms with van der Waals surface area (Å²) in [6.45, 7) is 4.68. The third kappa shape index (κ3) is 3.11. The first kappa shape index (κ1) is 11.2. The van der Waals surface area contributed by atoms with E-state index in [1.807, 2.05) is 11.4 Å². The van der Waals surface area contributed by atoms with Crippen molar-refractivity contribution in [3.63, 3.8) is 0 Å². The lowest BCUT2D eigenvalue weighted by Gasteiger charge is -2.17. The van der Waals surface area contributed by atoms with Crippen molar-refractivity contribution in [1.29, 1.82) is 5.26 Å². The van der Waals surface area contributed by atoms with E-state index in [9.17, 15) is 0 Å². The largest absolute Gasteiger partial charge is 0.395 e. The molecule has 1 aromatic rings. The molecule has 0 aliphatic carbocycles. The predicted octanol–water partition coefficient (Wildman–Crippen LogP) is 1.43. The molecule has 0 saturated carbocycles. The first-order chi connectivity index (χ1) is 6.80. The lowest BCUT2D eigenvalue weighted by Crippen LogP contribution is -2.25. The van der Waals surface area contributed by atoms with Crippen LogP contribution in [-0.2, 0) is 6.54 Å². The first-order valence-electron chi connectivity index (χ1n) is 4.61. The van der Waals surface area contributed by atoms with Gasteiger partial charge in [0.05, 0.1) is 12.2 Å². The number of aliphatic hydroxyl groups is 1. The Hall–Kier alpha value is -0.890. The number of hydrogen-bond acceptors (Lipinski definition) is 4. The number of nitrogens with zero attached hydrogens (tertiary/aromatic N) is 2. The molecule has 4 heteroatoms. The van der Waals surface area contributed by atoms with E-state index >= 15 is 0 Å². The average Bonchev–Trinajstić information content (AvgIpc) is 2.65. The van der Waals surface area contributed by atoms with Crippen molar-refractivity contribution in [3.8, 4) is 6.07 Å². The number of thiophene rings is 1. The van der Waals surface area contributed by atoms with E-state index in [1.165, 1.54) is 4.88 Å². The van der Waals surface area contributed by atoms with Crippen molar-refractivity contribution in [3.05, 3.63) is 21.9 Å². The highest BCUT2D eigenvalue weighted by Crippen LogP contribution is 2.15. The van der Waals surface area contributed by atoms with Crippen molar-refractivity contribution < 1.29 is 5.11 Å². The van der Waals surface area contributed by atoms with Gasteiger partial charge >= 0.3 is 0 Å². The molecule has 0 bridgehead atoms. The number of hydrogen-bond donors (Lipinski definition) is 1. The van der Waals surface area contributed by atoms with E-state index in [2.05, 4.69) is 17.9 Å². The second-order valence-corrected chi connectivity index (χ2v) is 4.00. The lowest BCUT2D eigenvalue weighted by molar-refractivity contribution is 0.198. The van der Waals surface area contributed by atoms with Crippen LogP contribution in [0.3, 0.4) is 0 Å². The molecule has 0 saturated heterocycles. The highest BCUT2D eigenvalue weighted by atomic mass is 32.1. The molecule has 3 nitrogen and oxygen atoms in total. The number of aliphatic hydroxyl groups excluding tert-OH is 1. The van der Waals surface area contributed by atoms with Crippen LogP contribution in [0.2, 0.25) is 0 Å². The maximum atomic E-state index is 8.81. The van der Waals surface area contributed by atoms with Crippen LogP contribution in [0.5, 0.6) is 0 Å². The molecular weight excluding hydrogens is 196 g/mol. The SMILES string of the molecule is CCN(CCO)Cc1cc(C#N)cs1. The summed E-state index contributed by atoms with van der Waals surface area (Å²) in [7, 11) is 0. The van der Waals surface area contributed by atoms with Gasteiger partial charge in [-0.2, -0.15) is 5.26 Å². The second-order valence-electron chi connectivity index (χ2n) is 3.01. The average molecular weight is 210 g/mol. The smallest absolute Gasteiger partial charge is 0.100 e. The van der Waals surface area contributed by atoms with Crippen LogP contribution >= 0.6 is 11.3 Å². The van der Waals surface area contributed by atoms with Gasteiger partial charge in [0.25, 0.3) is 0 Å². The molecule has 0 aliphatic heterocycles. The fourth-order valence-electron chi connectivity index (χ4n) is 1.23. The Morgan fingerprint density at radius 3 is 2.93 bits per heavy atom. The molecule has 1 aromatic heterocycles. The molecule has 0 atom stereocenters. The molecule has 0 fully saturated rings. The van der Waals surface area contributed by atoms with Crippen molar-refractivity contribution in [2.45, 2.75) is 13.5 Å². The van der Waals surface area contributed by atoms with Crippen LogP contribution in [0.1, 0.15) is 17.4 Å². The van der Waals surface area contributed by atoms with Gasteiger partial charge in [-0.25, -0.2) is 0 Å². The Labute approximate surface area is 88.2 Å². The van der Waals surface area contributed by atoms with E-state index in [0.29, 0.717) is 6.54 Å². The molecule has 0 spiro atoms. The molecule has 76 valence electrons. The molecule has 0 unspecified atom stereocenters. The van der Waals surface area contributed by atoms with Gasteiger partial charge in [-0.3, -0.25) is 4.90 Å². The van der Waals surface area contributed by atoms with Crippen molar-refractivity contribution >= 4 is 11.3 Å². The first-order valence-corrected chi connectivity index (χ1v) is 5.48. The molecule has 1 N–H and O–H groups in total. The van der Waals surface area contributed by atoms with Crippen LogP contribution in [0.15, 0.2) is 11.4 Å². The summed E-state index contributed by atoms with van der Waals surface area (Å²) in [6.07, 6.45) is 0. The number of nitriles is 1. The zero-order valence-corrected chi connectivity index (χ0v) is 9.05. The lowest BCUT2D eigenvalue weighted by atomic mass is 10.3. The van der Waals surface area contributed by atoms with E-state index in [1.54, 1.807) is 11.3 Å². The molecule has 1 rings (SSSR count). The van der Waals surface area contributed by atoms with E-state index in [0.717, 1.165) is 18.7 Å². The zero-order valence-electron chi connectivity index (χ0n) is 8.23. The van der Waals surface area contributed by atoms with E-state index < -0.39 is 0 Å². The minimum Gasteiger partial charge on any atom is -0.395 e. The van der Waals surface area contributed by atoms with Gasteiger partial charge in [0, 0.05) is 23.3 Å². The zero-order chi connectivity index (χ0) is 10.4. The highest BCUT2D eigenvalue weighted by molar-refractivity contribution is 7.10. The fourth-order valence-corrected chi connectivity index (χ4v) is 2.08. The van der Waals surface area contributed by atoms with Crippen LogP contribution in [0.4, 0.5) is 0 Å². The van der Waals surface area contributed by atoms with Crippen LogP contribution in [0, 0.1) is 11.3 Å². The topological polar surface area (TPSA) is 47.3 Å². The Morgan fingerprint density at radius 2 is 2.43 bits per heavy atom. The van der Waals surface area contributed by atoms with Crippen molar-refractivity contribution in [2.75, 3.05) is 19.7 Å². The monoisotopic (exact) mass is 210 g/mol. The number of rotatable bonds is 5. The third-order valence-corrected chi connectivity index (χ3v) is 2.95. The standard InChI is InChI=1S/C10H14N2OS/c1-2-12(3-4-13)7-10-5-9(6-11)8-14-10/h5,8,13H,2-4,7H2,1H3. The number of likely N-dealkylation sites (N-methyl/N-ethyl adjacent to an activating group) is 1. The summed E-state index contributed by atoms with van der Waals surface area (Å²) in [5, 5.41) is 19.3. The van der Waals surface area contributed by atoms with Crippen molar-refractivity contribution in [2.24, 2.45) is 0 Å². The third-order valence-electron chi connectivity index (χ3n) is 2.03. The van der Waals surface area contributed by atoms with Crippen LogP contribution in [0.25, 0.3) is 0 Å². The molecular formula is C10H14N2OS. The fraction of sp³-hybridized carbons (Fsp3) is 0.500. The van der Waals surface area contributed by atoms with Gasteiger partial charge in [-0.05, 0) is 12.6 Å². The second kappa shape index (κ2) is 5.76. The van der Waals surface area contributed by atoms with Crippen LogP contribution < -0.4 is 0 Å². The Kier molecular flexibility index (Phi) is 4.60. The quantitative estimate of drug-likeness (QED) is 0.800. The Bertz CT molecular complexity index is 316. The molecule has 0 amide bonds. The molecule has 0 radical (unpaired) electrons. The van der Waals surface area contributed by atoms with Gasteiger partial charge in [0.2, 0.25) is 0 Å². The van der Waals surface area contributed by atoms with Gasteiger partial charge in [0.15, 0.2) is 0 Å². The Morgan fingerprint density at radius 1 is 1.64 bits per heavy atom. The van der Waals surface area contributed by atoms with Gasteiger partial charge in [-0.1, -0.05) is 6.92 Å². The maximum Gasteiger partial charge on any atom is 0.100 e. The minimum absolute atomic E-state index is 0.185. The van der Waals surface area contributed by atoms with Gasteiger partial charge in [0.1, 0.15) is 6.07 Å². The van der Waals surface area contributed by atoms with Crippen molar-refractivity contribution in [1.82, 2.24) is 4.90 Å². The molecule has 1 heterocycles. The van der Waals surface area contributed by atoms with Gasteiger partial charge < -0.3 is 5.11 Å². The predicted molar refractivity (Wildman–Crippen MR) is 57.1 cm³/mol. The summed E-state index contributed by atoms with van der Waals surface area (Å²) in [4.78, 5) is 3.32. The van der Waals surface area contributed by atoms with E-state index in [-0.39, 0.29) is 6.61 Å². The molecule has 0 aliphatic rings. The summed E-state index contributed by atoms with van der Waals surface area (Å²) < 4.78 is 0. The molecule has 0 aromatic carbocycles. The normalized spacial score (nSPS) is 10.4. The summed E-state index contributed by atoms with van der Waals surface area (Å²) >= 11 is 1.60. The molecule has 14 heavy (non-hydrogen) atoms.